The van der Waals surface area contributed by atoms with Gasteiger partial charge >= 0.3 is 0 Å². The minimum atomic E-state index is -0.384. The first-order valence-corrected chi connectivity index (χ1v) is 6.26. The highest BCUT2D eigenvalue weighted by Crippen LogP contribution is 2.21. The van der Waals surface area contributed by atoms with Gasteiger partial charge in [-0.3, -0.25) is 0 Å². The largest absolute Gasteiger partial charge is 0.378 e. The maximum Gasteiger partial charge on any atom is 0.131 e. The lowest BCUT2D eigenvalue weighted by atomic mass is 10.0. The predicted octanol–water partition coefficient (Wildman–Crippen LogP) is 3.96. The molecule has 0 spiro atoms. The summed E-state index contributed by atoms with van der Waals surface area (Å²) in [6, 6.07) is 16.1. The molecule has 0 bridgehead atoms. The van der Waals surface area contributed by atoms with Crippen LogP contribution in [0.15, 0.2) is 48.5 Å². The molecule has 2 aromatic rings. The topological polar surface area (TPSA) is 27.0 Å². The van der Waals surface area contributed by atoms with Crippen LogP contribution in [-0.2, 0) is 0 Å². The van der Waals surface area contributed by atoms with Gasteiger partial charge in [0.15, 0.2) is 0 Å². The summed E-state index contributed by atoms with van der Waals surface area (Å²) in [5.74, 6) is -0.384. The van der Waals surface area contributed by atoms with Crippen LogP contribution in [0.1, 0.15) is 11.1 Å². The number of halogens is 1. The molecule has 2 aromatic carbocycles. The Labute approximate surface area is 118 Å². The third kappa shape index (κ3) is 3.04. The molecule has 3 heteroatoms. The standard InChI is InChI=1S/C17H15FN2/c1-20(2)15-9-7-13(8-10-15)11-14(12-19)16-5-3-4-6-17(16)18/h3-11H,1-2H3/b14-11+. The summed E-state index contributed by atoms with van der Waals surface area (Å²) < 4.78 is 13.7. The molecule has 0 aliphatic rings. The van der Waals surface area contributed by atoms with Crippen molar-refractivity contribution < 1.29 is 4.39 Å². The molecule has 2 rings (SSSR count). The summed E-state index contributed by atoms with van der Waals surface area (Å²) in [5.41, 5.74) is 2.59. The molecule has 0 unspecified atom stereocenters. The first kappa shape index (κ1) is 13.8. The summed E-state index contributed by atoms with van der Waals surface area (Å²) >= 11 is 0. The van der Waals surface area contributed by atoms with Crippen LogP contribution in [0.25, 0.3) is 11.6 Å². The van der Waals surface area contributed by atoms with Crippen molar-refractivity contribution in [3.05, 3.63) is 65.5 Å². The van der Waals surface area contributed by atoms with Crippen LogP contribution >= 0.6 is 0 Å². The molecule has 0 atom stereocenters. The van der Waals surface area contributed by atoms with E-state index in [1.165, 1.54) is 6.07 Å². The maximum absolute atomic E-state index is 13.7. The van der Waals surface area contributed by atoms with Gasteiger partial charge in [0, 0.05) is 25.3 Å². The zero-order valence-electron chi connectivity index (χ0n) is 11.5. The molecule has 0 saturated carbocycles. The summed E-state index contributed by atoms with van der Waals surface area (Å²) in [6.07, 6.45) is 1.69. The van der Waals surface area contributed by atoms with E-state index in [1.807, 2.05) is 43.3 Å². The fourth-order valence-electron chi connectivity index (χ4n) is 1.89. The molecular weight excluding hydrogens is 251 g/mol. The van der Waals surface area contributed by atoms with Crippen LogP contribution < -0.4 is 4.90 Å². The average Bonchev–Trinajstić information content (AvgIpc) is 2.46. The molecule has 20 heavy (non-hydrogen) atoms. The van der Waals surface area contributed by atoms with Gasteiger partial charge in [-0.1, -0.05) is 30.3 Å². The van der Waals surface area contributed by atoms with Crippen LogP contribution in [0, 0.1) is 17.1 Å². The Morgan fingerprint density at radius 2 is 1.75 bits per heavy atom. The lowest BCUT2D eigenvalue weighted by molar-refractivity contribution is 0.624. The maximum atomic E-state index is 13.7. The van der Waals surface area contributed by atoms with Crippen molar-refractivity contribution in [2.75, 3.05) is 19.0 Å². The summed E-state index contributed by atoms with van der Waals surface area (Å²) in [7, 11) is 3.93. The van der Waals surface area contributed by atoms with E-state index in [2.05, 4.69) is 6.07 Å². The van der Waals surface area contributed by atoms with E-state index in [1.54, 1.807) is 24.3 Å². The summed E-state index contributed by atoms with van der Waals surface area (Å²) in [6.45, 7) is 0. The minimum absolute atomic E-state index is 0.320. The molecule has 2 nitrogen and oxygen atoms in total. The van der Waals surface area contributed by atoms with Crippen LogP contribution in [-0.4, -0.2) is 14.1 Å². The molecule has 0 N–H and O–H groups in total. The molecule has 0 amide bonds. The van der Waals surface area contributed by atoms with Crippen molar-refractivity contribution in [1.29, 1.82) is 5.26 Å². The minimum Gasteiger partial charge on any atom is -0.378 e. The average molecular weight is 266 g/mol. The normalized spacial score (nSPS) is 11.0. The zero-order valence-corrected chi connectivity index (χ0v) is 11.5. The first-order valence-electron chi connectivity index (χ1n) is 6.26. The smallest absolute Gasteiger partial charge is 0.131 e. The second-order valence-corrected chi connectivity index (χ2v) is 4.64. The van der Waals surface area contributed by atoms with E-state index >= 15 is 0 Å². The summed E-state index contributed by atoms with van der Waals surface area (Å²) in [4.78, 5) is 2.00. The van der Waals surface area contributed by atoms with Crippen LogP contribution in [0.3, 0.4) is 0 Å². The number of nitriles is 1. The van der Waals surface area contributed by atoms with E-state index in [-0.39, 0.29) is 5.82 Å². The van der Waals surface area contributed by atoms with Crippen LogP contribution in [0.4, 0.5) is 10.1 Å². The number of hydrogen-bond acceptors (Lipinski definition) is 2. The Balaban J connectivity index is 2.37. The van der Waals surface area contributed by atoms with Crippen LogP contribution in [0.5, 0.6) is 0 Å². The van der Waals surface area contributed by atoms with Crippen molar-refractivity contribution in [2.24, 2.45) is 0 Å². The van der Waals surface area contributed by atoms with E-state index in [4.69, 9.17) is 0 Å². The first-order chi connectivity index (χ1) is 9.61. The van der Waals surface area contributed by atoms with Crippen molar-refractivity contribution in [1.82, 2.24) is 0 Å². The van der Waals surface area contributed by atoms with Crippen LogP contribution in [0.2, 0.25) is 0 Å². The van der Waals surface area contributed by atoms with E-state index in [0.717, 1.165) is 11.3 Å². The predicted molar refractivity (Wildman–Crippen MR) is 80.7 cm³/mol. The molecular formula is C17H15FN2. The number of benzene rings is 2. The zero-order chi connectivity index (χ0) is 14.5. The van der Waals surface area contributed by atoms with E-state index < -0.39 is 0 Å². The molecule has 0 aliphatic heterocycles. The second-order valence-electron chi connectivity index (χ2n) is 4.64. The fraction of sp³-hybridized carbons (Fsp3) is 0.118. The SMILES string of the molecule is CN(C)c1ccc(/C=C(\C#N)c2ccccc2F)cc1. The van der Waals surface area contributed by atoms with Crippen molar-refractivity contribution in [2.45, 2.75) is 0 Å². The molecule has 0 heterocycles. The van der Waals surface area contributed by atoms with Crippen molar-refractivity contribution in [3.8, 4) is 6.07 Å². The summed E-state index contributed by atoms with van der Waals surface area (Å²) in [5, 5.41) is 9.21. The third-order valence-electron chi connectivity index (χ3n) is 3.00. The second kappa shape index (κ2) is 6.03. The quantitative estimate of drug-likeness (QED) is 0.621. The Hall–Kier alpha value is -2.60. The van der Waals surface area contributed by atoms with Gasteiger partial charge in [0.2, 0.25) is 0 Å². The number of allylic oxidation sites excluding steroid dienone is 1. The highest BCUT2D eigenvalue weighted by atomic mass is 19.1. The Kier molecular flexibility index (Phi) is 4.17. The monoisotopic (exact) mass is 266 g/mol. The highest BCUT2D eigenvalue weighted by molar-refractivity contribution is 5.89. The van der Waals surface area contributed by atoms with Gasteiger partial charge in [0.25, 0.3) is 0 Å². The van der Waals surface area contributed by atoms with Gasteiger partial charge in [-0.25, -0.2) is 4.39 Å². The Morgan fingerprint density at radius 3 is 2.30 bits per heavy atom. The fourth-order valence-corrected chi connectivity index (χ4v) is 1.89. The molecule has 0 aromatic heterocycles. The lowest BCUT2D eigenvalue weighted by Gasteiger charge is -2.12. The van der Waals surface area contributed by atoms with Gasteiger partial charge in [0.1, 0.15) is 5.82 Å². The van der Waals surface area contributed by atoms with Gasteiger partial charge in [-0.2, -0.15) is 5.26 Å². The van der Waals surface area contributed by atoms with Gasteiger partial charge < -0.3 is 4.90 Å². The molecule has 100 valence electrons. The third-order valence-corrected chi connectivity index (χ3v) is 3.00. The molecule has 0 radical (unpaired) electrons. The number of hydrogen-bond donors (Lipinski definition) is 0. The molecule has 0 saturated heterocycles. The van der Waals surface area contributed by atoms with E-state index in [9.17, 15) is 9.65 Å². The lowest BCUT2D eigenvalue weighted by Crippen LogP contribution is -2.07. The van der Waals surface area contributed by atoms with Gasteiger partial charge in [-0.15, -0.1) is 0 Å². The van der Waals surface area contributed by atoms with Gasteiger partial charge in [0.05, 0.1) is 11.6 Å². The van der Waals surface area contributed by atoms with Crippen molar-refractivity contribution >= 4 is 17.3 Å². The Morgan fingerprint density at radius 1 is 1.10 bits per heavy atom. The van der Waals surface area contributed by atoms with Crippen molar-refractivity contribution in [3.63, 3.8) is 0 Å². The molecule has 0 fully saturated rings. The number of rotatable bonds is 3. The van der Waals surface area contributed by atoms with E-state index in [0.29, 0.717) is 11.1 Å². The molecule has 0 aliphatic carbocycles. The number of anilines is 1. The number of nitrogens with zero attached hydrogens (tertiary/aromatic N) is 2. The Bertz CT molecular complexity index is 664. The van der Waals surface area contributed by atoms with Gasteiger partial charge in [-0.05, 0) is 29.8 Å². The highest BCUT2D eigenvalue weighted by Gasteiger charge is 2.06.